The van der Waals surface area contributed by atoms with Crippen molar-refractivity contribution < 1.29 is 35.9 Å². The topological polar surface area (TPSA) is 49.4 Å². The summed E-state index contributed by atoms with van der Waals surface area (Å²) in [4.78, 5) is 25.3. The highest BCUT2D eigenvalue weighted by atomic mass is 19.4. The lowest BCUT2D eigenvalue weighted by Crippen LogP contribution is -2.33. The van der Waals surface area contributed by atoms with E-state index in [2.05, 4.69) is 0 Å². The Hall–Kier alpha value is -3.04. The van der Waals surface area contributed by atoms with E-state index < -0.39 is 36.3 Å². The number of nitrogens with zero attached hydrogens (tertiary/aromatic N) is 1. The van der Waals surface area contributed by atoms with Gasteiger partial charge >= 0.3 is 12.4 Å². The molecule has 0 bridgehead atoms. The normalized spacial score (nSPS) is 11.8. The van der Waals surface area contributed by atoms with Crippen molar-refractivity contribution in [2.24, 2.45) is 0 Å². The molecule has 0 radical (unpaired) electrons. The summed E-state index contributed by atoms with van der Waals surface area (Å²) in [7, 11) is 1.47. The number of carbonyl (C=O) groups is 2. The Kier molecular flexibility index (Phi) is 7.12. The third-order valence-corrected chi connectivity index (χ3v) is 4.12. The molecule has 0 aliphatic carbocycles. The molecule has 4 nitrogen and oxygen atoms in total. The summed E-state index contributed by atoms with van der Waals surface area (Å²) in [6, 6.07) is 10.1. The molecule has 2 amide bonds. The second-order valence-electron chi connectivity index (χ2n) is 6.62. The van der Waals surface area contributed by atoms with Gasteiger partial charge in [0.2, 0.25) is 5.91 Å². The number of halogens is 6. The van der Waals surface area contributed by atoms with Crippen molar-refractivity contribution in [3.8, 4) is 0 Å². The highest BCUT2D eigenvalue weighted by molar-refractivity contribution is 5.94. The van der Waals surface area contributed by atoms with E-state index in [1.165, 1.54) is 48.3 Å². The summed E-state index contributed by atoms with van der Waals surface area (Å²) in [6.45, 7) is -1.33. The Labute approximate surface area is 168 Å². The zero-order chi connectivity index (χ0) is 22.5. The molecule has 2 rings (SSSR count). The minimum atomic E-state index is -4.52. The molecule has 0 fully saturated rings. The highest BCUT2D eigenvalue weighted by Crippen LogP contribution is 2.29. The first-order valence-corrected chi connectivity index (χ1v) is 8.69. The Morgan fingerprint density at radius 1 is 0.933 bits per heavy atom. The molecule has 1 N–H and O–H groups in total. The van der Waals surface area contributed by atoms with E-state index in [0.717, 1.165) is 12.1 Å². The van der Waals surface area contributed by atoms with Crippen molar-refractivity contribution >= 4 is 11.8 Å². The lowest BCUT2D eigenvalue weighted by Gasteiger charge is -2.18. The van der Waals surface area contributed by atoms with Gasteiger partial charge in [-0.15, -0.1) is 0 Å². The number of amides is 2. The van der Waals surface area contributed by atoms with Gasteiger partial charge in [0, 0.05) is 19.2 Å². The monoisotopic (exact) mass is 432 g/mol. The number of hydrogen-bond acceptors (Lipinski definition) is 2. The lowest BCUT2D eigenvalue weighted by atomic mass is 10.1. The second-order valence-corrected chi connectivity index (χ2v) is 6.62. The van der Waals surface area contributed by atoms with Crippen LogP contribution in [0, 0.1) is 0 Å². The number of alkyl halides is 6. The predicted octanol–water partition coefficient (Wildman–Crippen LogP) is 4.20. The summed E-state index contributed by atoms with van der Waals surface area (Å²) in [5.74, 6) is -1.30. The van der Waals surface area contributed by atoms with Gasteiger partial charge in [-0.25, -0.2) is 0 Å². The van der Waals surface area contributed by atoms with Gasteiger partial charge in [-0.2, -0.15) is 26.3 Å². The maximum Gasteiger partial charge on any atom is 0.416 e. The Morgan fingerprint density at radius 2 is 1.57 bits per heavy atom. The van der Waals surface area contributed by atoms with Crippen LogP contribution in [0.25, 0.3) is 0 Å². The van der Waals surface area contributed by atoms with Crippen LogP contribution in [0.5, 0.6) is 0 Å². The fraction of sp³-hybridized carbons (Fsp3) is 0.300. The van der Waals surface area contributed by atoms with Crippen molar-refractivity contribution in [2.45, 2.75) is 25.3 Å². The maximum atomic E-state index is 12.8. The summed E-state index contributed by atoms with van der Waals surface area (Å²) in [6.07, 6.45) is -9.24. The van der Waals surface area contributed by atoms with Crippen LogP contribution in [-0.4, -0.2) is 36.5 Å². The second kappa shape index (κ2) is 9.19. The van der Waals surface area contributed by atoms with Crippen molar-refractivity contribution in [3.63, 3.8) is 0 Å². The fourth-order valence-corrected chi connectivity index (χ4v) is 2.57. The molecule has 0 saturated carbocycles. The zero-order valence-electron chi connectivity index (χ0n) is 15.8. The minimum Gasteiger partial charge on any atom is -0.343 e. The van der Waals surface area contributed by atoms with Crippen LogP contribution in [0.1, 0.15) is 27.0 Å². The van der Waals surface area contributed by atoms with Gasteiger partial charge in [-0.05, 0) is 29.3 Å². The third kappa shape index (κ3) is 7.09. The third-order valence-electron chi connectivity index (χ3n) is 4.12. The van der Waals surface area contributed by atoms with Crippen LogP contribution in [0.3, 0.4) is 0 Å². The van der Waals surface area contributed by atoms with E-state index in [-0.39, 0.29) is 24.1 Å². The first-order chi connectivity index (χ1) is 13.8. The summed E-state index contributed by atoms with van der Waals surface area (Å²) in [5.41, 5.74) is 0.0106. The molecular weight excluding hydrogens is 414 g/mol. The van der Waals surface area contributed by atoms with Crippen molar-refractivity contribution in [3.05, 3.63) is 70.8 Å². The van der Waals surface area contributed by atoms with Gasteiger partial charge in [-0.1, -0.05) is 30.3 Å². The molecule has 0 aliphatic rings. The fourth-order valence-electron chi connectivity index (χ4n) is 2.57. The number of hydrogen-bond donors (Lipinski definition) is 1. The van der Waals surface area contributed by atoms with Crippen molar-refractivity contribution in [2.75, 3.05) is 13.6 Å². The number of likely N-dealkylation sites (N-methyl/N-ethyl adjacent to an activating group) is 1. The SMILES string of the molecule is CN(Cc1ccc(C(=O)NCC(F)(F)F)cc1)C(=O)Cc1cccc(C(F)(F)F)c1. The van der Waals surface area contributed by atoms with Crippen molar-refractivity contribution in [1.29, 1.82) is 0 Å². The van der Waals surface area contributed by atoms with E-state index >= 15 is 0 Å². The molecule has 0 aliphatic heterocycles. The van der Waals surface area contributed by atoms with Gasteiger partial charge in [0.25, 0.3) is 5.91 Å². The molecule has 2 aromatic rings. The first-order valence-electron chi connectivity index (χ1n) is 8.69. The van der Waals surface area contributed by atoms with Crippen LogP contribution in [0.2, 0.25) is 0 Å². The van der Waals surface area contributed by atoms with Gasteiger partial charge in [0.15, 0.2) is 0 Å². The van der Waals surface area contributed by atoms with Gasteiger partial charge < -0.3 is 10.2 Å². The van der Waals surface area contributed by atoms with E-state index in [1.54, 1.807) is 5.32 Å². The predicted molar refractivity (Wildman–Crippen MR) is 96.5 cm³/mol. The Morgan fingerprint density at radius 3 is 2.13 bits per heavy atom. The molecule has 0 spiro atoms. The van der Waals surface area contributed by atoms with Crippen LogP contribution in [0.15, 0.2) is 48.5 Å². The van der Waals surface area contributed by atoms with Gasteiger partial charge in [0.1, 0.15) is 6.54 Å². The number of carbonyl (C=O) groups excluding carboxylic acids is 2. The zero-order valence-corrected chi connectivity index (χ0v) is 15.8. The van der Waals surface area contributed by atoms with Crippen LogP contribution >= 0.6 is 0 Å². The molecule has 0 saturated heterocycles. The molecule has 30 heavy (non-hydrogen) atoms. The largest absolute Gasteiger partial charge is 0.416 e. The standard InChI is InChI=1S/C20H18F6N2O2/c1-28(17(29)10-14-3-2-4-16(9-14)20(24,25)26)11-13-5-7-15(8-6-13)18(30)27-12-19(21,22)23/h2-9H,10-12H2,1H3,(H,27,30). The summed E-state index contributed by atoms with van der Waals surface area (Å²) >= 11 is 0. The number of rotatable bonds is 6. The quantitative estimate of drug-likeness (QED) is 0.696. The molecule has 2 aromatic carbocycles. The Balaban J connectivity index is 1.95. The smallest absolute Gasteiger partial charge is 0.343 e. The van der Waals surface area contributed by atoms with Gasteiger partial charge in [0.05, 0.1) is 12.0 Å². The van der Waals surface area contributed by atoms with Gasteiger partial charge in [-0.3, -0.25) is 9.59 Å². The van der Waals surface area contributed by atoms with E-state index in [4.69, 9.17) is 0 Å². The molecule has 0 aromatic heterocycles. The molecule has 10 heteroatoms. The summed E-state index contributed by atoms with van der Waals surface area (Å²) < 4.78 is 74.7. The number of nitrogens with one attached hydrogen (secondary N) is 1. The molecule has 162 valence electrons. The van der Waals surface area contributed by atoms with E-state index in [0.29, 0.717) is 5.56 Å². The molecule has 0 atom stereocenters. The van der Waals surface area contributed by atoms with E-state index in [9.17, 15) is 35.9 Å². The lowest BCUT2D eigenvalue weighted by molar-refractivity contribution is -0.138. The molecular formula is C20H18F6N2O2. The van der Waals surface area contributed by atoms with E-state index in [1.807, 2.05) is 0 Å². The number of benzene rings is 2. The maximum absolute atomic E-state index is 12.8. The molecule has 0 heterocycles. The first kappa shape index (κ1) is 23.2. The highest BCUT2D eigenvalue weighted by Gasteiger charge is 2.30. The van der Waals surface area contributed by atoms with Crippen LogP contribution < -0.4 is 5.32 Å². The minimum absolute atomic E-state index is 0.0287. The Bertz CT molecular complexity index is 891. The van der Waals surface area contributed by atoms with Crippen LogP contribution in [0.4, 0.5) is 26.3 Å². The van der Waals surface area contributed by atoms with Crippen molar-refractivity contribution in [1.82, 2.24) is 10.2 Å². The molecule has 0 unspecified atom stereocenters. The average Bonchev–Trinajstić information content (AvgIpc) is 2.65. The summed E-state index contributed by atoms with van der Waals surface area (Å²) in [5, 5.41) is 1.75. The average molecular weight is 432 g/mol. The van der Waals surface area contributed by atoms with Crippen LogP contribution in [-0.2, 0) is 23.9 Å².